The Morgan fingerprint density at radius 3 is 2.80 bits per heavy atom. The van der Waals surface area contributed by atoms with Crippen molar-refractivity contribution in [3.63, 3.8) is 0 Å². The maximum Gasteiger partial charge on any atom is 0.121 e. The Morgan fingerprint density at radius 1 is 1.53 bits per heavy atom. The largest absolute Gasteiger partial charge is 0.496 e. The van der Waals surface area contributed by atoms with E-state index in [9.17, 15) is 0 Å². The van der Waals surface area contributed by atoms with E-state index in [2.05, 4.69) is 12.6 Å². The lowest BCUT2D eigenvalue weighted by molar-refractivity contribution is 0.411. The molecule has 0 unspecified atom stereocenters. The molecule has 0 aliphatic carbocycles. The zero-order chi connectivity index (χ0) is 11.3. The minimum Gasteiger partial charge on any atom is -0.496 e. The zero-order valence-electron chi connectivity index (χ0n) is 9.49. The molecule has 0 fully saturated rings. The third-order valence-electron chi connectivity index (χ3n) is 2.53. The number of rotatable bonds is 5. The lowest BCUT2D eigenvalue weighted by atomic mass is 10.0. The summed E-state index contributed by atoms with van der Waals surface area (Å²) in [6, 6.07) is 6.18. The Bertz CT molecular complexity index is 333. The van der Waals surface area contributed by atoms with Crippen molar-refractivity contribution >= 4 is 0 Å². The van der Waals surface area contributed by atoms with Gasteiger partial charge in [0.15, 0.2) is 0 Å². The van der Waals surface area contributed by atoms with E-state index < -0.39 is 0 Å². The highest BCUT2D eigenvalue weighted by molar-refractivity contribution is 5.37. The van der Waals surface area contributed by atoms with Crippen LogP contribution in [0.4, 0.5) is 0 Å². The van der Waals surface area contributed by atoms with E-state index >= 15 is 0 Å². The Labute approximate surface area is 91.7 Å². The second-order valence-electron chi connectivity index (χ2n) is 3.70. The van der Waals surface area contributed by atoms with Gasteiger partial charge < -0.3 is 10.5 Å². The molecule has 82 valence electrons. The molecule has 0 aromatic heterocycles. The summed E-state index contributed by atoms with van der Waals surface area (Å²) in [6.07, 6.45) is 3.79. The van der Waals surface area contributed by atoms with Crippen LogP contribution in [0.1, 0.15) is 30.0 Å². The zero-order valence-corrected chi connectivity index (χ0v) is 9.49. The van der Waals surface area contributed by atoms with Crippen molar-refractivity contribution in [2.45, 2.75) is 25.8 Å². The first kappa shape index (κ1) is 11.8. The topological polar surface area (TPSA) is 35.2 Å². The average molecular weight is 205 g/mol. The predicted octanol–water partition coefficient (Wildman–Crippen LogP) is 2.97. The van der Waals surface area contributed by atoms with Gasteiger partial charge in [0, 0.05) is 6.04 Å². The maximum atomic E-state index is 6.05. The fourth-order valence-corrected chi connectivity index (χ4v) is 1.60. The molecule has 0 saturated carbocycles. The lowest BCUT2D eigenvalue weighted by Gasteiger charge is -2.13. The molecule has 1 aromatic rings. The quantitative estimate of drug-likeness (QED) is 0.750. The molecule has 0 bridgehead atoms. The number of hydrogen-bond donors (Lipinski definition) is 1. The van der Waals surface area contributed by atoms with E-state index in [1.807, 2.05) is 25.1 Å². The highest BCUT2D eigenvalue weighted by atomic mass is 16.5. The van der Waals surface area contributed by atoms with Crippen LogP contribution in [0.25, 0.3) is 0 Å². The first-order chi connectivity index (χ1) is 7.19. The van der Waals surface area contributed by atoms with E-state index in [1.54, 1.807) is 7.11 Å². The van der Waals surface area contributed by atoms with E-state index in [1.165, 1.54) is 0 Å². The molecule has 15 heavy (non-hydrogen) atoms. The molecule has 0 aliphatic heterocycles. The van der Waals surface area contributed by atoms with Gasteiger partial charge in [0.05, 0.1) is 7.11 Å². The molecule has 0 radical (unpaired) electrons. The predicted molar refractivity (Wildman–Crippen MR) is 64.1 cm³/mol. The van der Waals surface area contributed by atoms with Gasteiger partial charge in [0.2, 0.25) is 0 Å². The van der Waals surface area contributed by atoms with Gasteiger partial charge >= 0.3 is 0 Å². The van der Waals surface area contributed by atoms with Crippen LogP contribution in [0.5, 0.6) is 5.75 Å². The molecule has 0 saturated heterocycles. The van der Waals surface area contributed by atoms with Crippen LogP contribution < -0.4 is 10.5 Å². The summed E-state index contributed by atoms with van der Waals surface area (Å²) in [5, 5.41) is 0. The lowest BCUT2D eigenvalue weighted by Crippen LogP contribution is -2.10. The van der Waals surface area contributed by atoms with Gasteiger partial charge in [0.1, 0.15) is 5.75 Å². The molecule has 0 amide bonds. The van der Waals surface area contributed by atoms with Gasteiger partial charge in [-0.1, -0.05) is 18.2 Å². The summed E-state index contributed by atoms with van der Waals surface area (Å²) in [5.74, 6) is 0.912. The summed E-state index contributed by atoms with van der Waals surface area (Å²) in [4.78, 5) is 0. The maximum absolute atomic E-state index is 6.05. The summed E-state index contributed by atoms with van der Waals surface area (Å²) < 4.78 is 5.20. The molecule has 0 aliphatic rings. The Hall–Kier alpha value is -1.28. The van der Waals surface area contributed by atoms with Gasteiger partial charge in [-0.05, 0) is 37.0 Å². The minimum atomic E-state index is 0.0904. The number of benzene rings is 1. The van der Waals surface area contributed by atoms with Crippen LogP contribution in [0.15, 0.2) is 30.9 Å². The number of nitrogens with two attached hydrogens (primary N) is 1. The molecular weight excluding hydrogens is 186 g/mol. The molecule has 2 N–H and O–H groups in total. The summed E-state index contributed by atoms with van der Waals surface area (Å²) in [6.45, 7) is 5.73. The fourth-order valence-electron chi connectivity index (χ4n) is 1.60. The van der Waals surface area contributed by atoms with Crippen LogP contribution in [0, 0.1) is 6.92 Å². The van der Waals surface area contributed by atoms with E-state index in [0.29, 0.717) is 0 Å². The Balaban J connectivity index is 2.77. The van der Waals surface area contributed by atoms with Gasteiger partial charge in [-0.15, -0.1) is 6.58 Å². The molecular formula is C13H19NO. The molecule has 2 nitrogen and oxygen atoms in total. The second-order valence-corrected chi connectivity index (χ2v) is 3.70. The van der Waals surface area contributed by atoms with Crippen molar-refractivity contribution in [3.8, 4) is 5.75 Å². The molecule has 1 aromatic carbocycles. The van der Waals surface area contributed by atoms with Crippen molar-refractivity contribution in [2.24, 2.45) is 5.73 Å². The van der Waals surface area contributed by atoms with Crippen LogP contribution in [-0.4, -0.2) is 7.11 Å². The van der Waals surface area contributed by atoms with E-state index in [-0.39, 0.29) is 6.04 Å². The van der Waals surface area contributed by atoms with Crippen LogP contribution in [-0.2, 0) is 0 Å². The van der Waals surface area contributed by atoms with Crippen molar-refractivity contribution in [3.05, 3.63) is 42.0 Å². The first-order valence-corrected chi connectivity index (χ1v) is 5.20. The summed E-state index contributed by atoms with van der Waals surface area (Å²) >= 11 is 0. The van der Waals surface area contributed by atoms with Crippen LogP contribution in [0.3, 0.4) is 0 Å². The summed E-state index contributed by atoms with van der Waals surface area (Å²) in [5.41, 5.74) is 8.34. The van der Waals surface area contributed by atoms with Gasteiger partial charge in [-0.2, -0.15) is 0 Å². The molecule has 1 rings (SSSR count). The molecule has 2 heteroatoms. The summed E-state index contributed by atoms with van der Waals surface area (Å²) in [7, 11) is 1.68. The highest BCUT2D eigenvalue weighted by Crippen LogP contribution is 2.23. The van der Waals surface area contributed by atoms with E-state index in [0.717, 1.165) is 29.7 Å². The fraction of sp³-hybridized carbons (Fsp3) is 0.385. The molecule has 0 spiro atoms. The van der Waals surface area contributed by atoms with Gasteiger partial charge in [0.25, 0.3) is 0 Å². The van der Waals surface area contributed by atoms with Crippen molar-refractivity contribution in [2.75, 3.05) is 7.11 Å². The smallest absolute Gasteiger partial charge is 0.121 e. The van der Waals surface area contributed by atoms with Crippen molar-refractivity contribution < 1.29 is 4.74 Å². The SMILES string of the molecule is C=CCC[C@@H](N)c1ccc(OC)c(C)c1. The second kappa shape index (κ2) is 5.56. The first-order valence-electron chi connectivity index (χ1n) is 5.20. The highest BCUT2D eigenvalue weighted by Gasteiger charge is 2.06. The van der Waals surface area contributed by atoms with E-state index in [4.69, 9.17) is 10.5 Å². The number of ether oxygens (including phenoxy) is 1. The van der Waals surface area contributed by atoms with Gasteiger partial charge in [-0.25, -0.2) is 0 Å². The van der Waals surface area contributed by atoms with Crippen LogP contribution in [0.2, 0.25) is 0 Å². The van der Waals surface area contributed by atoms with Gasteiger partial charge in [-0.3, -0.25) is 0 Å². The monoisotopic (exact) mass is 205 g/mol. The minimum absolute atomic E-state index is 0.0904. The normalized spacial score (nSPS) is 12.2. The Morgan fingerprint density at radius 2 is 2.27 bits per heavy atom. The molecule has 0 heterocycles. The standard InChI is InChI=1S/C13H19NO/c1-4-5-6-12(14)11-7-8-13(15-3)10(2)9-11/h4,7-9,12H,1,5-6,14H2,2-3H3/t12-/m1/s1. The number of methoxy groups -OCH3 is 1. The van der Waals surface area contributed by atoms with Crippen molar-refractivity contribution in [1.29, 1.82) is 0 Å². The number of allylic oxidation sites excluding steroid dienone is 1. The third-order valence-corrected chi connectivity index (χ3v) is 2.53. The number of hydrogen-bond acceptors (Lipinski definition) is 2. The average Bonchev–Trinajstić information content (AvgIpc) is 2.25. The Kier molecular flexibility index (Phi) is 4.37. The van der Waals surface area contributed by atoms with Crippen LogP contribution >= 0.6 is 0 Å². The van der Waals surface area contributed by atoms with Crippen molar-refractivity contribution in [1.82, 2.24) is 0 Å². The third kappa shape index (κ3) is 3.10. The number of aryl methyl sites for hydroxylation is 1. The molecule has 1 atom stereocenters.